The predicted molar refractivity (Wildman–Crippen MR) is 133 cm³/mol. The zero-order valence-corrected chi connectivity index (χ0v) is 20.6. The van der Waals surface area contributed by atoms with E-state index >= 15 is 0 Å². The highest BCUT2D eigenvalue weighted by molar-refractivity contribution is 9.10. The van der Waals surface area contributed by atoms with Crippen molar-refractivity contribution in [3.05, 3.63) is 99.3 Å². The van der Waals surface area contributed by atoms with Gasteiger partial charge in [-0.05, 0) is 66.4 Å². The second-order valence-electron chi connectivity index (χ2n) is 8.17. The van der Waals surface area contributed by atoms with Crippen molar-refractivity contribution in [1.82, 2.24) is 9.88 Å². The lowest BCUT2D eigenvalue weighted by Gasteiger charge is -2.25. The van der Waals surface area contributed by atoms with Gasteiger partial charge in [-0.1, -0.05) is 41.1 Å². The van der Waals surface area contributed by atoms with Crippen molar-refractivity contribution < 1.29 is 19.4 Å². The number of nitrogens with zero attached hydrogens (tertiary/aromatic N) is 2. The Morgan fingerprint density at radius 2 is 1.91 bits per heavy atom. The summed E-state index contributed by atoms with van der Waals surface area (Å²) in [5.74, 6) is -0.846. The van der Waals surface area contributed by atoms with Crippen molar-refractivity contribution >= 4 is 33.4 Å². The van der Waals surface area contributed by atoms with Gasteiger partial charge in [0.25, 0.3) is 11.7 Å². The van der Waals surface area contributed by atoms with Crippen LogP contribution in [0.15, 0.2) is 77.0 Å². The van der Waals surface area contributed by atoms with E-state index in [2.05, 4.69) is 20.9 Å². The number of Topliss-reactive ketones (excluding diaryl/α,β-unsaturated/α-hetero) is 1. The number of pyridine rings is 1. The summed E-state index contributed by atoms with van der Waals surface area (Å²) in [6, 6.07) is 15.6. The predicted octanol–water partition coefficient (Wildman–Crippen LogP) is 5.56. The molecule has 1 aliphatic rings. The molecular weight excluding hydrogens is 496 g/mol. The number of halogens is 1. The number of hydrogen-bond acceptors (Lipinski definition) is 5. The van der Waals surface area contributed by atoms with Gasteiger partial charge in [-0.25, -0.2) is 0 Å². The van der Waals surface area contributed by atoms with Crippen LogP contribution >= 0.6 is 15.9 Å². The molecule has 3 aromatic rings. The monoisotopic (exact) mass is 520 g/mol. The first-order valence-electron chi connectivity index (χ1n) is 11.1. The van der Waals surface area contributed by atoms with E-state index in [-0.39, 0.29) is 17.9 Å². The lowest BCUT2D eigenvalue weighted by Crippen LogP contribution is -2.29. The quantitative estimate of drug-likeness (QED) is 0.250. The third kappa shape index (κ3) is 4.75. The standard InChI is InChI=1S/C27H25BrN2O4/c1-3-13-34-22-11-8-20(14-17(22)2)25(31)23-24(19-6-9-21(28)10-7-19)30(27(33)26(23)32)16-18-5-4-12-29-15-18/h4-12,14-15,24,31H,3,13,16H2,1-2H3/b25-23-. The minimum Gasteiger partial charge on any atom is -0.507 e. The van der Waals surface area contributed by atoms with Crippen molar-refractivity contribution in [1.29, 1.82) is 0 Å². The number of hydrogen-bond donors (Lipinski definition) is 1. The van der Waals surface area contributed by atoms with Crippen LogP contribution in [-0.4, -0.2) is 33.3 Å². The molecule has 2 aromatic carbocycles. The van der Waals surface area contributed by atoms with Crippen LogP contribution in [0.3, 0.4) is 0 Å². The van der Waals surface area contributed by atoms with Crippen molar-refractivity contribution in [3.8, 4) is 5.75 Å². The van der Waals surface area contributed by atoms with Crippen molar-refractivity contribution in [3.63, 3.8) is 0 Å². The van der Waals surface area contributed by atoms with Gasteiger partial charge in [0, 0.05) is 29.0 Å². The summed E-state index contributed by atoms with van der Waals surface area (Å²) in [7, 11) is 0. The van der Waals surface area contributed by atoms with Crippen LogP contribution in [0.5, 0.6) is 5.75 Å². The number of carbonyl (C=O) groups is 2. The Bertz CT molecular complexity index is 1240. The highest BCUT2D eigenvalue weighted by atomic mass is 79.9. The highest BCUT2D eigenvalue weighted by Crippen LogP contribution is 2.41. The van der Waals surface area contributed by atoms with E-state index in [9.17, 15) is 14.7 Å². The normalized spacial score (nSPS) is 17.3. The lowest BCUT2D eigenvalue weighted by atomic mass is 9.94. The third-order valence-corrected chi connectivity index (χ3v) is 6.24. The molecule has 1 saturated heterocycles. The maximum atomic E-state index is 13.2. The van der Waals surface area contributed by atoms with E-state index in [1.807, 2.05) is 44.2 Å². The fraction of sp³-hybridized carbons (Fsp3) is 0.222. The van der Waals surface area contributed by atoms with Gasteiger partial charge in [0.2, 0.25) is 0 Å². The van der Waals surface area contributed by atoms with Gasteiger partial charge in [-0.2, -0.15) is 0 Å². The van der Waals surface area contributed by atoms with Crippen LogP contribution in [0.1, 0.15) is 41.6 Å². The SMILES string of the molecule is CCCOc1ccc(/C(O)=C2/C(=O)C(=O)N(Cc3cccnc3)C2c2ccc(Br)cc2)cc1C. The Hall–Kier alpha value is -3.45. The van der Waals surface area contributed by atoms with Crippen LogP contribution in [0.4, 0.5) is 0 Å². The highest BCUT2D eigenvalue weighted by Gasteiger charge is 2.46. The minimum atomic E-state index is -0.732. The van der Waals surface area contributed by atoms with E-state index in [0.29, 0.717) is 12.2 Å². The Morgan fingerprint density at radius 3 is 2.56 bits per heavy atom. The number of rotatable bonds is 7. The zero-order chi connectivity index (χ0) is 24.2. The lowest BCUT2D eigenvalue weighted by molar-refractivity contribution is -0.140. The van der Waals surface area contributed by atoms with Crippen LogP contribution in [0.25, 0.3) is 5.76 Å². The van der Waals surface area contributed by atoms with Crippen LogP contribution in [0.2, 0.25) is 0 Å². The Labute approximate surface area is 207 Å². The molecule has 0 bridgehead atoms. The number of aliphatic hydroxyl groups excluding tert-OH is 1. The summed E-state index contributed by atoms with van der Waals surface area (Å²) in [6.45, 7) is 4.70. The summed E-state index contributed by atoms with van der Waals surface area (Å²) in [6.07, 6.45) is 4.20. The molecule has 1 N–H and O–H groups in total. The summed E-state index contributed by atoms with van der Waals surface area (Å²) in [5.41, 5.74) is 2.88. The summed E-state index contributed by atoms with van der Waals surface area (Å²) < 4.78 is 6.61. The Morgan fingerprint density at radius 1 is 1.15 bits per heavy atom. The van der Waals surface area contributed by atoms with Crippen molar-refractivity contribution in [2.24, 2.45) is 0 Å². The maximum Gasteiger partial charge on any atom is 0.295 e. The van der Waals surface area contributed by atoms with Crippen LogP contribution < -0.4 is 4.74 Å². The number of amides is 1. The first-order chi connectivity index (χ1) is 16.4. The topological polar surface area (TPSA) is 79.7 Å². The molecule has 0 aliphatic carbocycles. The molecule has 34 heavy (non-hydrogen) atoms. The van der Waals surface area contributed by atoms with Gasteiger partial charge in [-0.3, -0.25) is 14.6 Å². The van der Waals surface area contributed by atoms with E-state index in [4.69, 9.17) is 4.74 Å². The minimum absolute atomic E-state index is 0.0674. The fourth-order valence-electron chi connectivity index (χ4n) is 4.05. The van der Waals surface area contributed by atoms with Gasteiger partial charge in [0.1, 0.15) is 11.5 Å². The summed E-state index contributed by atoms with van der Waals surface area (Å²) in [4.78, 5) is 31.9. The summed E-state index contributed by atoms with van der Waals surface area (Å²) in [5, 5.41) is 11.3. The largest absolute Gasteiger partial charge is 0.507 e. The molecule has 1 aromatic heterocycles. The van der Waals surface area contributed by atoms with Gasteiger partial charge in [-0.15, -0.1) is 0 Å². The maximum absolute atomic E-state index is 13.2. The number of aromatic nitrogens is 1. The average Bonchev–Trinajstić information content (AvgIpc) is 3.09. The number of ether oxygens (including phenoxy) is 1. The Kier molecular flexibility index (Phi) is 7.12. The molecule has 0 saturated carbocycles. The molecule has 4 rings (SSSR count). The molecular formula is C27H25BrN2O4. The molecule has 1 fully saturated rings. The third-order valence-electron chi connectivity index (χ3n) is 5.71. The molecule has 1 amide bonds. The van der Waals surface area contributed by atoms with E-state index in [1.54, 1.807) is 36.7 Å². The summed E-state index contributed by atoms with van der Waals surface area (Å²) >= 11 is 3.43. The number of benzene rings is 2. The molecule has 7 heteroatoms. The van der Waals surface area contributed by atoms with E-state index in [1.165, 1.54) is 4.90 Å². The van der Waals surface area contributed by atoms with Crippen molar-refractivity contribution in [2.75, 3.05) is 6.61 Å². The average molecular weight is 521 g/mol. The zero-order valence-electron chi connectivity index (χ0n) is 19.0. The smallest absolute Gasteiger partial charge is 0.295 e. The van der Waals surface area contributed by atoms with Gasteiger partial charge in [0.15, 0.2) is 0 Å². The van der Waals surface area contributed by atoms with Gasteiger partial charge >= 0.3 is 0 Å². The van der Waals surface area contributed by atoms with Crippen molar-refractivity contribution in [2.45, 2.75) is 32.9 Å². The van der Waals surface area contributed by atoms with Gasteiger partial charge in [0.05, 0.1) is 18.2 Å². The molecule has 1 atom stereocenters. The number of likely N-dealkylation sites (tertiary alicyclic amines) is 1. The first kappa shape index (κ1) is 23.7. The van der Waals surface area contributed by atoms with Crippen LogP contribution in [0, 0.1) is 6.92 Å². The molecule has 0 spiro atoms. The molecule has 1 aliphatic heterocycles. The number of aryl methyl sites for hydroxylation is 1. The van der Waals surface area contributed by atoms with E-state index in [0.717, 1.165) is 33.3 Å². The molecule has 174 valence electrons. The fourth-order valence-corrected chi connectivity index (χ4v) is 4.31. The second-order valence-corrected chi connectivity index (χ2v) is 9.08. The number of carbonyl (C=O) groups excluding carboxylic acids is 2. The molecule has 2 heterocycles. The van der Waals surface area contributed by atoms with E-state index < -0.39 is 17.7 Å². The number of aliphatic hydroxyl groups is 1. The molecule has 6 nitrogen and oxygen atoms in total. The Balaban J connectivity index is 1.81. The molecule has 1 unspecified atom stereocenters. The van der Waals surface area contributed by atoms with Gasteiger partial charge < -0.3 is 14.7 Å². The molecule has 0 radical (unpaired) electrons. The van der Waals surface area contributed by atoms with Crippen LogP contribution in [-0.2, 0) is 16.1 Å². The first-order valence-corrected chi connectivity index (χ1v) is 11.9. The number of ketones is 1. The second kappa shape index (κ2) is 10.2.